The lowest BCUT2D eigenvalue weighted by molar-refractivity contribution is -0.116. The van der Waals surface area contributed by atoms with E-state index in [1.54, 1.807) is 37.3 Å². The van der Waals surface area contributed by atoms with Crippen LogP contribution in [0.2, 0.25) is 5.02 Å². The Morgan fingerprint density at radius 3 is 2.73 bits per heavy atom. The van der Waals surface area contributed by atoms with E-state index in [-0.39, 0.29) is 6.54 Å². The Labute approximate surface area is 93.6 Å². The second-order valence-corrected chi connectivity index (χ2v) is 3.55. The zero-order valence-corrected chi connectivity index (χ0v) is 9.41. The molecule has 0 aromatic heterocycles. The van der Waals surface area contributed by atoms with E-state index in [0.717, 1.165) is 5.69 Å². The van der Waals surface area contributed by atoms with Gasteiger partial charge in [0.05, 0.1) is 24.4 Å². The van der Waals surface area contributed by atoms with E-state index in [1.807, 2.05) is 0 Å². The number of halogens is 1. The first-order valence-corrected chi connectivity index (χ1v) is 4.75. The number of carbonyl (C=O) groups excluding carboxylic acids is 1. The molecule has 1 rings (SSSR count). The third-order valence-electron chi connectivity index (χ3n) is 1.96. The van der Waals surface area contributed by atoms with Crippen LogP contribution in [-0.2, 0) is 4.79 Å². The predicted molar refractivity (Wildman–Crippen MR) is 60.5 cm³/mol. The molecule has 2 N–H and O–H groups in total. The van der Waals surface area contributed by atoms with Crippen molar-refractivity contribution in [2.45, 2.75) is 0 Å². The summed E-state index contributed by atoms with van der Waals surface area (Å²) in [6.07, 6.45) is 0. The number of primary amides is 1. The van der Waals surface area contributed by atoms with Crippen LogP contribution in [0, 0.1) is 0 Å². The number of nitrogens with zero attached hydrogens (tertiary/aromatic N) is 1. The molecule has 0 saturated carbocycles. The number of hydrogen-bond donors (Lipinski definition) is 1. The summed E-state index contributed by atoms with van der Waals surface area (Å²) in [5.41, 5.74) is 5.84. The number of nitrogens with two attached hydrogens (primary N) is 1. The van der Waals surface area contributed by atoms with Gasteiger partial charge in [-0.15, -0.1) is 0 Å². The maximum absolute atomic E-state index is 10.7. The molecule has 0 unspecified atom stereocenters. The highest BCUT2D eigenvalue weighted by atomic mass is 35.5. The summed E-state index contributed by atoms with van der Waals surface area (Å²) in [5, 5.41) is 0.526. The minimum Gasteiger partial charge on any atom is -0.497 e. The van der Waals surface area contributed by atoms with Crippen molar-refractivity contribution in [2.75, 3.05) is 25.6 Å². The van der Waals surface area contributed by atoms with Crippen LogP contribution < -0.4 is 15.4 Å². The summed E-state index contributed by atoms with van der Waals surface area (Å²) in [6, 6.07) is 5.25. The number of benzene rings is 1. The number of likely N-dealkylation sites (N-methyl/N-ethyl adjacent to an activating group) is 1. The van der Waals surface area contributed by atoms with Crippen LogP contribution in [0.3, 0.4) is 0 Å². The molecule has 0 aliphatic heterocycles. The number of hydrogen-bond acceptors (Lipinski definition) is 3. The minimum atomic E-state index is -0.399. The molecule has 0 bridgehead atoms. The van der Waals surface area contributed by atoms with Crippen LogP contribution in [0.5, 0.6) is 5.75 Å². The summed E-state index contributed by atoms with van der Waals surface area (Å²) < 4.78 is 5.02. The smallest absolute Gasteiger partial charge is 0.236 e. The Hall–Kier alpha value is -1.42. The van der Waals surface area contributed by atoms with Crippen molar-refractivity contribution >= 4 is 23.2 Å². The van der Waals surface area contributed by atoms with Gasteiger partial charge in [0.15, 0.2) is 0 Å². The molecule has 0 atom stereocenters. The first kappa shape index (κ1) is 11.7. The van der Waals surface area contributed by atoms with Crippen LogP contribution in [-0.4, -0.2) is 26.6 Å². The SMILES string of the molecule is COc1ccc(N(C)CC(N)=O)c(Cl)c1. The van der Waals surface area contributed by atoms with Crippen LogP contribution in [0.25, 0.3) is 0 Å². The Morgan fingerprint density at radius 2 is 2.27 bits per heavy atom. The minimum absolute atomic E-state index is 0.131. The summed E-state index contributed by atoms with van der Waals surface area (Å²) in [4.78, 5) is 12.4. The van der Waals surface area contributed by atoms with E-state index < -0.39 is 5.91 Å². The normalized spacial score (nSPS) is 9.80. The van der Waals surface area contributed by atoms with E-state index in [2.05, 4.69) is 0 Å². The standard InChI is InChI=1S/C10H13ClN2O2/c1-13(6-10(12)14)9-4-3-7(15-2)5-8(9)11/h3-5H,6H2,1-2H3,(H2,12,14). The van der Waals surface area contributed by atoms with Crippen LogP contribution in [0.4, 0.5) is 5.69 Å². The number of rotatable bonds is 4. The van der Waals surface area contributed by atoms with Crippen molar-refractivity contribution in [2.24, 2.45) is 5.73 Å². The second-order valence-electron chi connectivity index (χ2n) is 3.14. The van der Waals surface area contributed by atoms with Gasteiger partial charge in [-0.25, -0.2) is 0 Å². The lowest BCUT2D eigenvalue weighted by atomic mass is 10.2. The van der Waals surface area contributed by atoms with Gasteiger partial charge in [-0.2, -0.15) is 0 Å². The van der Waals surface area contributed by atoms with Gasteiger partial charge in [0, 0.05) is 13.1 Å². The van der Waals surface area contributed by atoms with Crippen molar-refractivity contribution in [1.29, 1.82) is 0 Å². The van der Waals surface area contributed by atoms with Gasteiger partial charge in [0.1, 0.15) is 5.75 Å². The molecule has 0 aliphatic rings. The molecule has 0 aliphatic carbocycles. The lowest BCUT2D eigenvalue weighted by Gasteiger charge is -2.18. The summed E-state index contributed by atoms with van der Waals surface area (Å²) in [7, 11) is 3.32. The zero-order valence-electron chi connectivity index (χ0n) is 8.66. The molecule has 0 spiro atoms. The van der Waals surface area contributed by atoms with E-state index in [1.165, 1.54) is 0 Å². The number of anilines is 1. The fourth-order valence-electron chi connectivity index (χ4n) is 1.24. The Balaban J connectivity index is 2.90. The molecule has 0 radical (unpaired) electrons. The van der Waals surface area contributed by atoms with Crippen molar-refractivity contribution in [3.05, 3.63) is 23.2 Å². The van der Waals surface area contributed by atoms with Gasteiger partial charge in [-0.1, -0.05) is 11.6 Å². The summed E-state index contributed by atoms with van der Waals surface area (Å²) >= 11 is 6.01. The average Bonchev–Trinajstić information content (AvgIpc) is 2.16. The molecule has 1 amide bonds. The number of carbonyl (C=O) groups is 1. The van der Waals surface area contributed by atoms with Gasteiger partial charge in [-0.3, -0.25) is 4.79 Å². The highest BCUT2D eigenvalue weighted by Crippen LogP contribution is 2.28. The summed E-state index contributed by atoms with van der Waals surface area (Å²) in [6.45, 7) is 0.131. The van der Waals surface area contributed by atoms with Crippen LogP contribution in [0.1, 0.15) is 0 Å². The molecule has 1 aromatic rings. The van der Waals surface area contributed by atoms with E-state index in [0.29, 0.717) is 10.8 Å². The molecule has 0 fully saturated rings. The molecule has 15 heavy (non-hydrogen) atoms. The van der Waals surface area contributed by atoms with E-state index in [4.69, 9.17) is 22.1 Å². The Bertz CT molecular complexity index is 368. The molecule has 0 heterocycles. The van der Waals surface area contributed by atoms with Crippen LogP contribution in [0.15, 0.2) is 18.2 Å². The molecular formula is C10H13ClN2O2. The monoisotopic (exact) mass is 228 g/mol. The molecule has 5 heteroatoms. The number of methoxy groups -OCH3 is 1. The fraction of sp³-hybridized carbons (Fsp3) is 0.300. The largest absolute Gasteiger partial charge is 0.497 e. The van der Waals surface area contributed by atoms with Crippen molar-refractivity contribution in [3.63, 3.8) is 0 Å². The predicted octanol–water partition coefficient (Wildman–Crippen LogP) is 1.27. The van der Waals surface area contributed by atoms with E-state index in [9.17, 15) is 4.79 Å². The van der Waals surface area contributed by atoms with Gasteiger partial charge in [-0.05, 0) is 12.1 Å². The topological polar surface area (TPSA) is 55.6 Å². The Morgan fingerprint density at radius 1 is 1.60 bits per heavy atom. The van der Waals surface area contributed by atoms with Gasteiger partial charge < -0.3 is 15.4 Å². The summed E-state index contributed by atoms with van der Waals surface area (Å²) in [5.74, 6) is 0.278. The molecular weight excluding hydrogens is 216 g/mol. The molecule has 0 saturated heterocycles. The number of ether oxygens (including phenoxy) is 1. The van der Waals surface area contributed by atoms with Crippen molar-refractivity contribution < 1.29 is 9.53 Å². The third kappa shape index (κ3) is 3.02. The maximum Gasteiger partial charge on any atom is 0.236 e. The highest BCUT2D eigenvalue weighted by molar-refractivity contribution is 6.33. The molecule has 4 nitrogen and oxygen atoms in total. The highest BCUT2D eigenvalue weighted by Gasteiger charge is 2.08. The first-order valence-electron chi connectivity index (χ1n) is 4.37. The molecule has 82 valence electrons. The van der Waals surface area contributed by atoms with E-state index >= 15 is 0 Å². The number of amides is 1. The second kappa shape index (κ2) is 4.89. The van der Waals surface area contributed by atoms with Crippen molar-refractivity contribution in [1.82, 2.24) is 0 Å². The zero-order chi connectivity index (χ0) is 11.4. The van der Waals surface area contributed by atoms with Gasteiger partial charge in [0.2, 0.25) is 5.91 Å². The Kier molecular flexibility index (Phi) is 3.80. The average molecular weight is 229 g/mol. The van der Waals surface area contributed by atoms with Gasteiger partial charge >= 0.3 is 0 Å². The van der Waals surface area contributed by atoms with Crippen molar-refractivity contribution in [3.8, 4) is 5.75 Å². The first-order chi connectivity index (χ1) is 7.04. The fourth-order valence-corrected chi connectivity index (χ4v) is 1.56. The quantitative estimate of drug-likeness (QED) is 0.845. The maximum atomic E-state index is 10.7. The van der Waals surface area contributed by atoms with Crippen LogP contribution >= 0.6 is 11.6 Å². The third-order valence-corrected chi connectivity index (χ3v) is 2.26. The molecule has 1 aromatic carbocycles. The lowest BCUT2D eigenvalue weighted by Crippen LogP contribution is -2.30. The van der Waals surface area contributed by atoms with Gasteiger partial charge in [0.25, 0.3) is 0 Å².